The maximum absolute atomic E-state index is 12.6. The average molecular weight is 337 g/mol. The van der Waals surface area contributed by atoms with Crippen LogP contribution in [0, 0.1) is 0 Å². The lowest BCUT2D eigenvalue weighted by Crippen LogP contribution is -2.44. The van der Waals surface area contributed by atoms with Crippen LogP contribution in [0.25, 0.3) is 0 Å². The molecule has 8 heteroatoms. The van der Waals surface area contributed by atoms with Crippen LogP contribution < -0.4 is 10.6 Å². The van der Waals surface area contributed by atoms with E-state index in [1.807, 2.05) is 10.8 Å². The monoisotopic (exact) mass is 337 g/mol. The number of amides is 4. The average Bonchev–Trinajstić information content (AvgIpc) is 3.25. The number of carbonyl (C=O) groups excluding carboxylic acids is 3. The summed E-state index contributed by atoms with van der Waals surface area (Å²) < 4.78 is 5.42. The largest absolute Gasteiger partial charge is 0.376 e. The molecule has 23 heavy (non-hydrogen) atoms. The molecule has 0 spiro atoms. The number of hydrogen-bond donors (Lipinski definition) is 2. The highest BCUT2D eigenvalue weighted by Gasteiger charge is 2.49. The van der Waals surface area contributed by atoms with E-state index in [4.69, 9.17) is 4.74 Å². The van der Waals surface area contributed by atoms with E-state index < -0.39 is 17.5 Å². The van der Waals surface area contributed by atoms with Crippen LogP contribution in [0.2, 0.25) is 0 Å². The lowest BCUT2D eigenvalue weighted by atomic mass is 9.95. The Bertz CT molecular complexity index is 612. The molecule has 2 atom stereocenters. The van der Waals surface area contributed by atoms with Gasteiger partial charge in [-0.1, -0.05) is 0 Å². The van der Waals surface area contributed by atoms with Crippen molar-refractivity contribution in [3.8, 4) is 0 Å². The highest BCUT2D eigenvalue weighted by molar-refractivity contribution is 7.08. The van der Waals surface area contributed by atoms with Crippen molar-refractivity contribution in [2.45, 2.75) is 31.4 Å². The van der Waals surface area contributed by atoms with Gasteiger partial charge >= 0.3 is 6.03 Å². The highest BCUT2D eigenvalue weighted by atomic mass is 32.1. The van der Waals surface area contributed by atoms with Gasteiger partial charge < -0.3 is 15.4 Å². The summed E-state index contributed by atoms with van der Waals surface area (Å²) in [5.74, 6) is -0.772. The van der Waals surface area contributed by atoms with Gasteiger partial charge in [-0.05, 0) is 42.2 Å². The van der Waals surface area contributed by atoms with Gasteiger partial charge in [-0.3, -0.25) is 14.5 Å². The zero-order valence-electron chi connectivity index (χ0n) is 12.8. The molecule has 2 aliphatic rings. The van der Waals surface area contributed by atoms with E-state index >= 15 is 0 Å². The first-order chi connectivity index (χ1) is 11.0. The summed E-state index contributed by atoms with van der Waals surface area (Å²) in [7, 11) is 0. The quantitative estimate of drug-likeness (QED) is 0.779. The number of thiophene rings is 1. The van der Waals surface area contributed by atoms with Crippen molar-refractivity contribution in [2.75, 3.05) is 19.7 Å². The maximum atomic E-state index is 12.6. The number of nitrogens with zero attached hydrogens (tertiary/aromatic N) is 1. The van der Waals surface area contributed by atoms with Gasteiger partial charge in [0.2, 0.25) is 5.91 Å². The van der Waals surface area contributed by atoms with Gasteiger partial charge in [-0.15, -0.1) is 0 Å². The predicted molar refractivity (Wildman–Crippen MR) is 83.9 cm³/mol. The van der Waals surface area contributed by atoms with Crippen LogP contribution in [0.1, 0.15) is 25.3 Å². The Morgan fingerprint density at radius 3 is 3.04 bits per heavy atom. The van der Waals surface area contributed by atoms with Crippen LogP contribution >= 0.6 is 11.3 Å². The first-order valence-corrected chi connectivity index (χ1v) is 8.50. The molecule has 2 fully saturated rings. The molecule has 1 aromatic rings. The number of ether oxygens (including phenoxy) is 1. The van der Waals surface area contributed by atoms with Gasteiger partial charge in [0.05, 0.1) is 6.10 Å². The minimum atomic E-state index is -1.11. The van der Waals surface area contributed by atoms with E-state index in [9.17, 15) is 14.4 Å². The molecule has 0 unspecified atom stereocenters. The second kappa shape index (κ2) is 6.29. The number of imide groups is 1. The number of urea groups is 1. The molecular weight excluding hydrogens is 318 g/mol. The Kier molecular flexibility index (Phi) is 4.36. The third-order valence-electron chi connectivity index (χ3n) is 4.23. The summed E-state index contributed by atoms with van der Waals surface area (Å²) in [6, 6.07) is 1.25. The van der Waals surface area contributed by atoms with Crippen molar-refractivity contribution in [3.63, 3.8) is 0 Å². The maximum Gasteiger partial charge on any atom is 0.325 e. The van der Waals surface area contributed by atoms with Gasteiger partial charge in [-0.25, -0.2) is 4.79 Å². The minimum Gasteiger partial charge on any atom is -0.376 e. The molecule has 0 radical (unpaired) electrons. The van der Waals surface area contributed by atoms with Crippen LogP contribution in [-0.4, -0.2) is 48.5 Å². The molecule has 4 amide bonds. The van der Waals surface area contributed by atoms with Crippen LogP contribution in [-0.2, 0) is 19.9 Å². The fraction of sp³-hybridized carbons (Fsp3) is 0.533. The van der Waals surface area contributed by atoms with Crippen LogP contribution in [0.3, 0.4) is 0 Å². The van der Waals surface area contributed by atoms with Crippen LogP contribution in [0.5, 0.6) is 0 Å². The Balaban J connectivity index is 1.60. The Hall–Kier alpha value is -1.93. The molecule has 2 N–H and O–H groups in total. The van der Waals surface area contributed by atoms with Crippen molar-refractivity contribution in [3.05, 3.63) is 22.4 Å². The number of nitrogens with one attached hydrogen (secondary N) is 2. The lowest BCUT2D eigenvalue weighted by Gasteiger charge is -2.20. The fourth-order valence-electron chi connectivity index (χ4n) is 2.82. The molecule has 0 saturated carbocycles. The summed E-state index contributed by atoms with van der Waals surface area (Å²) in [6.07, 6.45) is 1.93. The van der Waals surface area contributed by atoms with Gasteiger partial charge in [0, 0.05) is 13.2 Å². The van der Waals surface area contributed by atoms with E-state index in [0.717, 1.165) is 23.3 Å². The normalized spacial score (nSPS) is 27.3. The number of rotatable bonds is 5. The van der Waals surface area contributed by atoms with Crippen molar-refractivity contribution in [1.29, 1.82) is 0 Å². The van der Waals surface area contributed by atoms with E-state index in [1.165, 1.54) is 11.3 Å². The summed E-state index contributed by atoms with van der Waals surface area (Å²) in [5.41, 5.74) is -0.380. The zero-order chi connectivity index (χ0) is 16.4. The molecule has 124 valence electrons. The Morgan fingerprint density at radius 1 is 1.57 bits per heavy atom. The molecule has 2 aliphatic heterocycles. The molecular formula is C15H19N3O4S. The van der Waals surface area contributed by atoms with E-state index in [2.05, 4.69) is 10.6 Å². The zero-order valence-corrected chi connectivity index (χ0v) is 13.6. The molecule has 2 saturated heterocycles. The SMILES string of the molecule is C[C@]1(c2ccsc2)NC(=O)N(CC(=O)NC[C@@H]2CCCO2)C1=O. The summed E-state index contributed by atoms with van der Waals surface area (Å²) in [4.78, 5) is 37.6. The van der Waals surface area contributed by atoms with Gasteiger partial charge in [0.15, 0.2) is 0 Å². The lowest BCUT2D eigenvalue weighted by molar-refractivity contribution is -0.134. The van der Waals surface area contributed by atoms with Crippen molar-refractivity contribution >= 4 is 29.2 Å². The highest BCUT2D eigenvalue weighted by Crippen LogP contribution is 2.29. The predicted octanol–water partition coefficient (Wildman–Crippen LogP) is 0.810. The third-order valence-corrected chi connectivity index (χ3v) is 4.91. The van der Waals surface area contributed by atoms with Crippen molar-refractivity contribution < 1.29 is 19.1 Å². The van der Waals surface area contributed by atoms with Gasteiger partial charge in [0.1, 0.15) is 12.1 Å². The molecule has 0 bridgehead atoms. The molecule has 0 aromatic carbocycles. The minimum absolute atomic E-state index is 0.0260. The third kappa shape index (κ3) is 3.09. The number of carbonyl (C=O) groups is 3. The summed E-state index contributed by atoms with van der Waals surface area (Å²) in [5, 5.41) is 9.06. The molecule has 1 aromatic heterocycles. The molecule has 0 aliphatic carbocycles. The Labute approximate surface area is 138 Å². The number of hydrogen-bond acceptors (Lipinski definition) is 5. The topological polar surface area (TPSA) is 87.7 Å². The van der Waals surface area contributed by atoms with Crippen LogP contribution in [0.15, 0.2) is 16.8 Å². The van der Waals surface area contributed by atoms with Crippen molar-refractivity contribution in [2.24, 2.45) is 0 Å². The second-order valence-electron chi connectivity index (χ2n) is 5.90. The molecule has 3 heterocycles. The Morgan fingerprint density at radius 2 is 2.39 bits per heavy atom. The van der Waals surface area contributed by atoms with E-state index in [1.54, 1.807) is 13.0 Å². The van der Waals surface area contributed by atoms with Crippen molar-refractivity contribution in [1.82, 2.24) is 15.5 Å². The molecule has 3 rings (SSSR count). The summed E-state index contributed by atoms with van der Waals surface area (Å²) in [6.45, 7) is 2.49. The smallest absolute Gasteiger partial charge is 0.325 e. The second-order valence-corrected chi connectivity index (χ2v) is 6.68. The van der Waals surface area contributed by atoms with Crippen LogP contribution in [0.4, 0.5) is 4.79 Å². The first kappa shape index (κ1) is 15.9. The van der Waals surface area contributed by atoms with Gasteiger partial charge in [0.25, 0.3) is 5.91 Å². The fourth-order valence-corrected chi connectivity index (χ4v) is 3.58. The first-order valence-electron chi connectivity index (χ1n) is 7.56. The summed E-state index contributed by atoms with van der Waals surface area (Å²) >= 11 is 1.45. The standard InChI is InChI=1S/C15H19N3O4S/c1-15(10-4-6-23-9-10)13(20)18(14(21)17-15)8-12(19)16-7-11-3-2-5-22-11/h4,6,9,11H,2-3,5,7-8H2,1H3,(H,16,19)(H,17,21)/t11-,15+/m0/s1. The van der Waals surface area contributed by atoms with E-state index in [-0.39, 0.29) is 18.6 Å². The van der Waals surface area contributed by atoms with E-state index in [0.29, 0.717) is 13.2 Å². The molecule has 7 nitrogen and oxygen atoms in total. The van der Waals surface area contributed by atoms with Gasteiger partial charge in [-0.2, -0.15) is 11.3 Å².